The number of carbonyl (C=O) groups is 1. The van der Waals surface area contributed by atoms with E-state index in [1.54, 1.807) is 6.07 Å². The van der Waals surface area contributed by atoms with E-state index in [9.17, 15) is 9.90 Å². The van der Waals surface area contributed by atoms with E-state index in [0.29, 0.717) is 5.75 Å². The van der Waals surface area contributed by atoms with E-state index in [-0.39, 0.29) is 10.6 Å². The molecule has 0 aromatic heterocycles. The number of aromatic carboxylic acids is 1. The predicted molar refractivity (Wildman–Crippen MR) is 42.3 cm³/mol. The molecule has 0 aliphatic heterocycles. The van der Waals surface area contributed by atoms with Crippen LogP contribution in [0.25, 0.3) is 0 Å². The van der Waals surface area contributed by atoms with E-state index in [0.717, 1.165) is 0 Å². The van der Waals surface area contributed by atoms with E-state index < -0.39 is 5.97 Å². The van der Waals surface area contributed by atoms with Gasteiger partial charge in [0.1, 0.15) is 5.75 Å². The molecule has 64 valence electrons. The third-order valence-corrected chi connectivity index (χ3v) is 1.72. The van der Waals surface area contributed by atoms with Crippen LogP contribution >= 0.6 is 11.6 Å². The highest BCUT2D eigenvalue weighted by atomic mass is 35.5. The summed E-state index contributed by atoms with van der Waals surface area (Å²) < 4.78 is 4.81. The summed E-state index contributed by atoms with van der Waals surface area (Å²) in [5.41, 5.74) is -0.0592. The van der Waals surface area contributed by atoms with Crippen LogP contribution in [0.5, 0.6) is 5.75 Å². The van der Waals surface area contributed by atoms with Crippen molar-refractivity contribution in [3.8, 4) is 5.75 Å². The lowest BCUT2D eigenvalue weighted by molar-refractivity contribution is -0.255. The highest BCUT2D eigenvalue weighted by molar-refractivity contribution is 6.33. The van der Waals surface area contributed by atoms with Crippen LogP contribution in [0.1, 0.15) is 10.4 Å². The number of carbonyl (C=O) groups excluding carboxylic acids is 1. The van der Waals surface area contributed by atoms with E-state index >= 15 is 0 Å². The number of carboxylic acids is 1. The first-order chi connectivity index (χ1) is 5.65. The van der Waals surface area contributed by atoms with Gasteiger partial charge in [-0.2, -0.15) is 0 Å². The number of methoxy groups -OCH3 is 1. The molecule has 0 saturated heterocycles. The standard InChI is InChI=1S/C8H7ClO3/c1-12-5-2-3-7(9)6(4-5)8(10)11/h2-4H,1H3,(H,10,11)/p-1. The molecule has 4 heteroatoms. The highest BCUT2D eigenvalue weighted by Crippen LogP contribution is 2.20. The molecule has 0 heterocycles. The Balaban J connectivity index is 3.17. The second-order valence-corrected chi connectivity index (χ2v) is 2.54. The maximum atomic E-state index is 10.4. The van der Waals surface area contributed by atoms with Crippen LogP contribution in [0.3, 0.4) is 0 Å². The fourth-order valence-electron chi connectivity index (χ4n) is 0.788. The minimum absolute atomic E-state index is 0.0592. The summed E-state index contributed by atoms with van der Waals surface area (Å²) in [4.78, 5) is 10.4. The van der Waals surface area contributed by atoms with E-state index in [1.165, 1.54) is 19.2 Å². The lowest BCUT2D eigenvalue weighted by atomic mass is 10.2. The van der Waals surface area contributed by atoms with Crippen molar-refractivity contribution in [2.24, 2.45) is 0 Å². The van der Waals surface area contributed by atoms with Gasteiger partial charge in [-0.15, -0.1) is 0 Å². The zero-order valence-corrected chi connectivity index (χ0v) is 7.09. The normalized spacial score (nSPS) is 9.50. The van der Waals surface area contributed by atoms with Crippen LogP contribution in [-0.2, 0) is 0 Å². The number of halogens is 1. The van der Waals surface area contributed by atoms with Gasteiger partial charge >= 0.3 is 0 Å². The monoisotopic (exact) mass is 185 g/mol. The van der Waals surface area contributed by atoms with Gasteiger partial charge in [0.25, 0.3) is 0 Å². The zero-order chi connectivity index (χ0) is 9.14. The van der Waals surface area contributed by atoms with Crippen molar-refractivity contribution < 1.29 is 14.6 Å². The lowest BCUT2D eigenvalue weighted by Gasteiger charge is -2.06. The Morgan fingerprint density at radius 3 is 2.75 bits per heavy atom. The Kier molecular flexibility index (Phi) is 2.55. The molecule has 0 atom stereocenters. The summed E-state index contributed by atoms with van der Waals surface area (Å²) in [5.74, 6) is -0.863. The summed E-state index contributed by atoms with van der Waals surface area (Å²) >= 11 is 5.57. The first-order valence-electron chi connectivity index (χ1n) is 3.20. The Morgan fingerprint density at radius 1 is 1.58 bits per heavy atom. The molecule has 0 N–H and O–H groups in total. The van der Waals surface area contributed by atoms with E-state index in [2.05, 4.69) is 0 Å². The van der Waals surface area contributed by atoms with Crippen molar-refractivity contribution in [2.75, 3.05) is 7.11 Å². The number of benzene rings is 1. The molecule has 0 saturated carbocycles. The third-order valence-electron chi connectivity index (χ3n) is 1.39. The molecule has 12 heavy (non-hydrogen) atoms. The van der Waals surface area contributed by atoms with Gasteiger partial charge in [-0.3, -0.25) is 0 Å². The fourth-order valence-corrected chi connectivity index (χ4v) is 0.982. The molecule has 0 amide bonds. The topological polar surface area (TPSA) is 49.4 Å². The molecule has 0 fully saturated rings. The maximum Gasteiger partial charge on any atom is 0.119 e. The summed E-state index contributed by atoms with van der Waals surface area (Å²) in [6.45, 7) is 0. The van der Waals surface area contributed by atoms with E-state index in [1.807, 2.05) is 0 Å². The molecule has 0 spiro atoms. The maximum absolute atomic E-state index is 10.4. The van der Waals surface area contributed by atoms with Crippen LogP contribution in [0, 0.1) is 0 Å². The Labute approximate surface area is 74.5 Å². The largest absolute Gasteiger partial charge is 0.545 e. The van der Waals surface area contributed by atoms with Gasteiger partial charge in [0, 0.05) is 10.6 Å². The molecule has 1 aromatic rings. The van der Waals surface area contributed by atoms with Gasteiger partial charge in [0.05, 0.1) is 13.1 Å². The minimum atomic E-state index is -1.31. The van der Waals surface area contributed by atoms with Gasteiger partial charge in [-0.05, 0) is 18.2 Å². The Hall–Kier alpha value is -1.22. The Morgan fingerprint density at radius 2 is 2.25 bits per heavy atom. The number of ether oxygens (including phenoxy) is 1. The lowest BCUT2D eigenvalue weighted by Crippen LogP contribution is -2.22. The van der Waals surface area contributed by atoms with Gasteiger partial charge in [-0.1, -0.05) is 11.6 Å². The smallest absolute Gasteiger partial charge is 0.119 e. The number of rotatable bonds is 2. The minimum Gasteiger partial charge on any atom is -0.545 e. The molecule has 0 radical (unpaired) electrons. The van der Waals surface area contributed by atoms with Crippen LogP contribution in [0.2, 0.25) is 5.02 Å². The first-order valence-corrected chi connectivity index (χ1v) is 3.58. The average molecular weight is 186 g/mol. The Bertz CT molecular complexity index is 309. The average Bonchev–Trinajstić information content (AvgIpc) is 2.05. The summed E-state index contributed by atoms with van der Waals surface area (Å²) in [6, 6.07) is 4.35. The van der Waals surface area contributed by atoms with Crippen LogP contribution in [-0.4, -0.2) is 13.1 Å². The van der Waals surface area contributed by atoms with Crippen molar-refractivity contribution in [1.29, 1.82) is 0 Å². The zero-order valence-electron chi connectivity index (χ0n) is 6.33. The highest BCUT2D eigenvalue weighted by Gasteiger charge is 2.02. The predicted octanol–water partition coefficient (Wildman–Crippen LogP) is 0.712. The molecule has 1 aromatic carbocycles. The SMILES string of the molecule is COc1ccc(Cl)c(C(=O)[O-])c1. The summed E-state index contributed by atoms with van der Waals surface area (Å²) in [6.07, 6.45) is 0. The number of carboxylic acid groups (broad SMARTS) is 1. The van der Waals surface area contributed by atoms with Crippen LogP contribution in [0.4, 0.5) is 0 Å². The molecule has 0 bridgehead atoms. The van der Waals surface area contributed by atoms with Crippen molar-refractivity contribution in [3.63, 3.8) is 0 Å². The molecular weight excluding hydrogens is 180 g/mol. The molecule has 3 nitrogen and oxygen atoms in total. The fraction of sp³-hybridized carbons (Fsp3) is 0.125. The summed E-state index contributed by atoms with van der Waals surface area (Å²) in [5, 5.41) is 10.6. The van der Waals surface area contributed by atoms with Crippen molar-refractivity contribution >= 4 is 17.6 Å². The van der Waals surface area contributed by atoms with Crippen LogP contribution in [0.15, 0.2) is 18.2 Å². The van der Waals surface area contributed by atoms with Gasteiger partial charge < -0.3 is 14.6 Å². The third kappa shape index (κ3) is 1.68. The molecule has 0 unspecified atom stereocenters. The van der Waals surface area contributed by atoms with Crippen molar-refractivity contribution in [2.45, 2.75) is 0 Å². The van der Waals surface area contributed by atoms with Gasteiger partial charge in [0.15, 0.2) is 0 Å². The molecule has 1 rings (SSSR count). The molecule has 0 aliphatic rings. The van der Waals surface area contributed by atoms with Gasteiger partial charge in [-0.25, -0.2) is 0 Å². The second-order valence-electron chi connectivity index (χ2n) is 2.13. The summed E-state index contributed by atoms with van der Waals surface area (Å²) in [7, 11) is 1.45. The number of hydrogen-bond acceptors (Lipinski definition) is 3. The van der Waals surface area contributed by atoms with Crippen molar-refractivity contribution in [3.05, 3.63) is 28.8 Å². The van der Waals surface area contributed by atoms with Crippen molar-refractivity contribution in [1.82, 2.24) is 0 Å². The second kappa shape index (κ2) is 3.45. The molecular formula is C8H6ClO3-. The van der Waals surface area contributed by atoms with E-state index in [4.69, 9.17) is 16.3 Å². The quantitative estimate of drug-likeness (QED) is 0.682. The molecule has 0 aliphatic carbocycles. The number of hydrogen-bond donors (Lipinski definition) is 0. The van der Waals surface area contributed by atoms with Crippen LogP contribution < -0.4 is 9.84 Å². The first kappa shape index (κ1) is 8.87. The van der Waals surface area contributed by atoms with Gasteiger partial charge in [0.2, 0.25) is 0 Å².